The molecule has 0 spiro atoms. The molecule has 2 aromatic rings. The number of nitrogens with zero attached hydrogens (tertiary/aromatic N) is 3. The molecule has 1 atom stereocenters. The number of fused-ring (bicyclic) bond motifs is 1. The molecule has 6 nitrogen and oxygen atoms in total. The zero-order valence-corrected chi connectivity index (χ0v) is 15.0. The van der Waals surface area contributed by atoms with Crippen molar-refractivity contribution in [3.63, 3.8) is 0 Å². The number of aryl methyl sites for hydroxylation is 1. The minimum absolute atomic E-state index is 0.374. The molecule has 1 unspecified atom stereocenters. The van der Waals surface area contributed by atoms with Crippen molar-refractivity contribution in [3.05, 3.63) is 47.3 Å². The summed E-state index contributed by atoms with van der Waals surface area (Å²) in [6.45, 7) is -2.13. The summed E-state index contributed by atoms with van der Waals surface area (Å²) in [5.74, 6) is 0.111. The summed E-state index contributed by atoms with van der Waals surface area (Å²) in [6, 6.07) is 3.45. The largest absolute Gasteiger partial charge is 0.465 e. The van der Waals surface area contributed by atoms with E-state index in [1.165, 1.54) is 17.0 Å². The molecule has 9 heteroatoms. The molecule has 0 saturated heterocycles. The quantitative estimate of drug-likeness (QED) is 0.797. The van der Waals surface area contributed by atoms with Crippen molar-refractivity contribution in [1.29, 1.82) is 0 Å². The van der Waals surface area contributed by atoms with Crippen LogP contribution in [-0.4, -0.2) is 38.8 Å². The van der Waals surface area contributed by atoms with Crippen LogP contribution in [0.1, 0.15) is 48.3 Å². The normalized spacial score (nSPS) is 19.0. The monoisotopic (exact) mass is 395 g/mol. The van der Waals surface area contributed by atoms with Gasteiger partial charge in [0, 0.05) is 19.0 Å². The minimum atomic E-state index is -3.09. The number of aromatic nitrogens is 2. The van der Waals surface area contributed by atoms with E-state index in [0.29, 0.717) is 37.4 Å². The second-order valence-electron chi connectivity index (χ2n) is 7.14. The van der Waals surface area contributed by atoms with Crippen LogP contribution >= 0.6 is 0 Å². The van der Waals surface area contributed by atoms with Gasteiger partial charge in [-0.1, -0.05) is 6.07 Å². The lowest BCUT2D eigenvalue weighted by Gasteiger charge is -2.35. The first-order valence-corrected chi connectivity index (χ1v) is 9.22. The fraction of sp³-hybridized carbons (Fsp3) is 0.474. The maximum atomic E-state index is 13.9. The van der Waals surface area contributed by atoms with Crippen LogP contribution in [0.5, 0.6) is 5.75 Å². The third-order valence-electron chi connectivity index (χ3n) is 5.31. The Hall–Kier alpha value is -2.71. The second-order valence-corrected chi connectivity index (χ2v) is 7.14. The Labute approximate surface area is 159 Å². The van der Waals surface area contributed by atoms with Crippen molar-refractivity contribution in [2.24, 2.45) is 0 Å². The van der Waals surface area contributed by atoms with Gasteiger partial charge in [0.2, 0.25) is 0 Å². The van der Waals surface area contributed by atoms with Crippen LogP contribution < -0.4 is 4.74 Å². The van der Waals surface area contributed by atoms with Crippen LogP contribution in [0.2, 0.25) is 0 Å². The van der Waals surface area contributed by atoms with Gasteiger partial charge in [-0.3, -0.25) is 4.90 Å². The van der Waals surface area contributed by atoms with Crippen LogP contribution in [0.25, 0.3) is 0 Å². The average Bonchev–Trinajstić information content (AvgIpc) is 3.40. The molecule has 2 aliphatic rings. The molecule has 0 bridgehead atoms. The predicted octanol–water partition coefficient (Wildman–Crippen LogP) is 4.17. The molecular weight excluding hydrogens is 375 g/mol. The Morgan fingerprint density at radius 2 is 2.11 bits per heavy atom. The molecule has 1 aromatic carbocycles. The molecule has 2 heterocycles. The van der Waals surface area contributed by atoms with Crippen LogP contribution in [0.15, 0.2) is 24.4 Å². The molecule has 1 saturated carbocycles. The topological polar surface area (TPSA) is 67.6 Å². The second kappa shape index (κ2) is 7.37. The molecule has 150 valence electrons. The predicted molar refractivity (Wildman–Crippen MR) is 93.0 cm³/mol. The van der Waals surface area contributed by atoms with E-state index in [4.69, 9.17) is 0 Å². The maximum absolute atomic E-state index is 13.9. The first-order valence-electron chi connectivity index (χ1n) is 9.22. The molecule has 0 radical (unpaired) electrons. The van der Waals surface area contributed by atoms with Crippen LogP contribution in [0.4, 0.5) is 18.0 Å². The van der Waals surface area contributed by atoms with Gasteiger partial charge >= 0.3 is 12.7 Å². The van der Waals surface area contributed by atoms with Gasteiger partial charge in [0.15, 0.2) is 11.6 Å². The van der Waals surface area contributed by atoms with Crippen LogP contribution in [-0.2, 0) is 13.0 Å². The van der Waals surface area contributed by atoms with Gasteiger partial charge in [0.25, 0.3) is 0 Å². The summed E-state index contributed by atoms with van der Waals surface area (Å²) in [5.41, 5.74) is 1.44. The Balaban J connectivity index is 1.52. The lowest BCUT2D eigenvalue weighted by Crippen LogP contribution is -2.41. The number of imidazole rings is 1. The molecule has 1 amide bonds. The number of rotatable bonds is 6. The van der Waals surface area contributed by atoms with E-state index < -0.39 is 24.3 Å². The number of carboxylic acid groups (broad SMARTS) is 1. The van der Waals surface area contributed by atoms with Crippen LogP contribution in [0.3, 0.4) is 0 Å². The number of benzene rings is 1. The highest BCUT2D eigenvalue weighted by Gasteiger charge is 2.36. The molecule has 1 N–H and O–H groups in total. The van der Waals surface area contributed by atoms with Crippen molar-refractivity contribution in [1.82, 2.24) is 14.5 Å². The number of ether oxygens (including phenoxy) is 1. The highest BCUT2D eigenvalue weighted by Crippen LogP contribution is 2.42. The maximum Gasteiger partial charge on any atom is 0.407 e. The van der Waals surface area contributed by atoms with E-state index in [1.54, 1.807) is 6.20 Å². The van der Waals surface area contributed by atoms with Crippen molar-refractivity contribution in [3.8, 4) is 5.75 Å². The summed E-state index contributed by atoms with van der Waals surface area (Å²) < 4.78 is 44.7. The lowest BCUT2D eigenvalue weighted by molar-refractivity contribution is -0.0522. The first kappa shape index (κ1) is 18.6. The molecule has 4 rings (SSSR count). The Bertz CT molecular complexity index is 883. The Morgan fingerprint density at radius 3 is 2.75 bits per heavy atom. The molecular formula is C19H20F3N3O3. The van der Waals surface area contributed by atoms with Crippen molar-refractivity contribution in [2.45, 2.75) is 50.8 Å². The fourth-order valence-corrected chi connectivity index (χ4v) is 3.83. The third kappa shape index (κ3) is 3.65. The number of hydrogen-bond acceptors (Lipinski definition) is 3. The van der Waals surface area contributed by atoms with E-state index in [9.17, 15) is 23.1 Å². The molecule has 1 aliphatic carbocycles. The summed E-state index contributed by atoms with van der Waals surface area (Å²) in [5, 5.41) is 9.57. The lowest BCUT2D eigenvalue weighted by atomic mass is 10.00. The summed E-state index contributed by atoms with van der Waals surface area (Å²) in [6.07, 6.45) is 3.79. The zero-order valence-electron chi connectivity index (χ0n) is 15.0. The van der Waals surface area contributed by atoms with Crippen molar-refractivity contribution < 1.29 is 27.8 Å². The molecule has 1 aromatic heterocycles. The van der Waals surface area contributed by atoms with E-state index in [2.05, 4.69) is 14.3 Å². The number of amides is 1. The van der Waals surface area contributed by atoms with Crippen molar-refractivity contribution in [2.75, 3.05) is 6.54 Å². The average molecular weight is 395 g/mol. The minimum Gasteiger partial charge on any atom is -0.465 e. The number of halogens is 3. The first-order chi connectivity index (χ1) is 13.4. The van der Waals surface area contributed by atoms with E-state index >= 15 is 0 Å². The van der Waals surface area contributed by atoms with Crippen LogP contribution in [0, 0.1) is 5.82 Å². The number of alkyl halides is 2. The van der Waals surface area contributed by atoms with Crippen molar-refractivity contribution >= 4 is 6.09 Å². The Morgan fingerprint density at radius 1 is 1.32 bits per heavy atom. The summed E-state index contributed by atoms with van der Waals surface area (Å²) in [4.78, 5) is 17.6. The molecule has 1 fully saturated rings. The molecule has 28 heavy (non-hydrogen) atoms. The third-order valence-corrected chi connectivity index (χ3v) is 5.31. The van der Waals surface area contributed by atoms with Gasteiger partial charge in [-0.15, -0.1) is 0 Å². The highest BCUT2D eigenvalue weighted by molar-refractivity contribution is 5.66. The number of hydrogen-bond donors (Lipinski definition) is 1. The highest BCUT2D eigenvalue weighted by atomic mass is 19.3. The Kier molecular flexibility index (Phi) is 4.91. The van der Waals surface area contributed by atoms with E-state index in [-0.39, 0.29) is 6.04 Å². The summed E-state index contributed by atoms with van der Waals surface area (Å²) in [7, 11) is 0. The van der Waals surface area contributed by atoms with E-state index in [1.807, 2.05) is 0 Å². The van der Waals surface area contributed by atoms with Gasteiger partial charge in [0.05, 0.1) is 17.9 Å². The standard InChI is InChI=1S/C19H20F3N3O3/c20-13-9-11(2-6-16(13)28-18(21)22)1-5-14-15-10-23-17(12-3-4-12)24(15)7-8-25(14)19(26)27/h2,6,9-10,12,14,18H,1,3-5,7-8H2,(H,26,27). The van der Waals surface area contributed by atoms with Gasteiger partial charge < -0.3 is 14.4 Å². The fourth-order valence-electron chi connectivity index (χ4n) is 3.83. The zero-order chi connectivity index (χ0) is 19.8. The van der Waals surface area contributed by atoms with Gasteiger partial charge in [-0.25, -0.2) is 14.2 Å². The van der Waals surface area contributed by atoms with Gasteiger partial charge in [-0.05, 0) is 43.4 Å². The number of carbonyl (C=O) groups is 1. The SMILES string of the molecule is O=C(O)N1CCn2c(cnc2C2CC2)C1CCc1ccc(OC(F)F)c(F)c1. The van der Waals surface area contributed by atoms with Gasteiger partial charge in [0.1, 0.15) is 5.82 Å². The van der Waals surface area contributed by atoms with E-state index in [0.717, 1.165) is 30.4 Å². The van der Waals surface area contributed by atoms with Gasteiger partial charge in [-0.2, -0.15) is 8.78 Å². The summed E-state index contributed by atoms with van der Waals surface area (Å²) >= 11 is 0. The molecule has 1 aliphatic heterocycles. The smallest absolute Gasteiger partial charge is 0.407 e.